The number of nitrogens with one attached hydrogen (secondary N) is 1. The molecular formula is C6H9IN2OS. The van der Waals surface area contributed by atoms with E-state index in [1.54, 1.807) is 0 Å². The first kappa shape index (κ1) is 9.18. The van der Waals surface area contributed by atoms with Gasteiger partial charge in [-0.15, -0.1) is 5.10 Å². The van der Waals surface area contributed by atoms with E-state index in [1.807, 2.05) is 0 Å². The van der Waals surface area contributed by atoms with E-state index in [1.165, 1.54) is 0 Å². The maximum Gasteiger partial charge on any atom is 0.284 e. The third-order valence-electron chi connectivity index (χ3n) is 1.53. The van der Waals surface area contributed by atoms with Crippen LogP contribution in [-0.4, -0.2) is 14.1 Å². The van der Waals surface area contributed by atoms with Crippen molar-refractivity contribution in [1.29, 1.82) is 0 Å². The Hall–Kier alpha value is 0.0900. The van der Waals surface area contributed by atoms with E-state index in [-0.39, 0.29) is 0 Å². The Morgan fingerprint density at radius 3 is 2.64 bits per heavy atom. The van der Waals surface area contributed by atoms with Crippen LogP contribution in [0.2, 0.25) is 0 Å². The van der Waals surface area contributed by atoms with Gasteiger partial charge in [-0.1, -0.05) is 36.4 Å². The number of nitrogens with zero attached hydrogens (tertiary/aromatic N) is 1. The molecule has 2 atom stereocenters. The fourth-order valence-electron chi connectivity index (χ4n) is 0.633. The van der Waals surface area contributed by atoms with Crippen molar-refractivity contribution in [3.63, 3.8) is 0 Å². The molecule has 0 fully saturated rings. The summed E-state index contributed by atoms with van der Waals surface area (Å²) in [6.45, 7) is 4.17. The molecule has 0 aromatic carbocycles. The summed E-state index contributed by atoms with van der Waals surface area (Å²) in [6, 6.07) is 0. The second-order valence-electron chi connectivity index (χ2n) is 2.42. The van der Waals surface area contributed by atoms with Gasteiger partial charge in [0.25, 0.3) is 4.84 Å². The number of alkyl halides is 1. The lowest BCUT2D eigenvalue weighted by Gasteiger charge is -2.07. The van der Waals surface area contributed by atoms with Crippen LogP contribution in [0.4, 0.5) is 0 Å². The van der Waals surface area contributed by atoms with Crippen molar-refractivity contribution in [3.8, 4) is 0 Å². The third kappa shape index (κ3) is 2.26. The summed E-state index contributed by atoms with van der Waals surface area (Å²) >= 11 is 7.08. The number of hydrogen-bond donors (Lipinski definition) is 1. The minimum atomic E-state index is 0.309. The number of rotatable bonds is 2. The third-order valence-corrected chi connectivity index (χ3v) is 2.79. The Bertz CT molecular complexity index is 280. The van der Waals surface area contributed by atoms with Gasteiger partial charge < -0.3 is 4.42 Å². The molecule has 1 aromatic rings. The van der Waals surface area contributed by atoms with Crippen molar-refractivity contribution in [2.75, 3.05) is 0 Å². The summed E-state index contributed by atoms with van der Waals surface area (Å²) in [6.07, 6.45) is 0. The maximum atomic E-state index is 5.15. The summed E-state index contributed by atoms with van der Waals surface area (Å²) in [5.74, 6) is 1.00. The largest absolute Gasteiger partial charge is 0.414 e. The van der Waals surface area contributed by atoms with Crippen molar-refractivity contribution in [2.24, 2.45) is 0 Å². The summed E-state index contributed by atoms with van der Waals surface area (Å²) in [7, 11) is 0. The maximum absolute atomic E-state index is 5.15. The highest BCUT2D eigenvalue weighted by molar-refractivity contribution is 14.1. The monoisotopic (exact) mass is 284 g/mol. The zero-order valence-corrected chi connectivity index (χ0v) is 9.27. The van der Waals surface area contributed by atoms with Gasteiger partial charge in [-0.05, 0) is 12.2 Å². The van der Waals surface area contributed by atoms with Crippen molar-refractivity contribution < 1.29 is 4.42 Å². The fraction of sp³-hybridized carbons (Fsp3) is 0.667. The second-order valence-corrected chi connectivity index (χ2v) is 4.75. The van der Waals surface area contributed by atoms with E-state index >= 15 is 0 Å². The molecule has 0 radical (unpaired) electrons. The topological polar surface area (TPSA) is 41.8 Å². The summed E-state index contributed by atoms with van der Waals surface area (Å²) in [5, 5.41) is 6.54. The Morgan fingerprint density at radius 1 is 1.64 bits per heavy atom. The molecule has 0 saturated heterocycles. The number of aromatic nitrogens is 2. The average molecular weight is 284 g/mol. The van der Waals surface area contributed by atoms with Gasteiger partial charge in [-0.25, -0.2) is 5.10 Å². The Labute approximate surface area is 83.7 Å². The van der Waals surface area contributed by atoms with Gasteiger partial charge in [0.15, 0.2) is 0 Å². The molecule has 5 heteroatoms. The normalized spacial score (nSPS) is 16.3. The number of halogens is 1. The minimum Gasteiger partial charge on any atom is -0.414 e. The van der Waals surface area contributed by atoms with Crippen LogP contribution in [0.25, 0.3) is 0 Å². The second kappa shape index (κ2) is 3.66. The van der Waals surface area contributed by atoms with Crippen molar-refractivity contribution in [1.82, 2.24) is 10.2 Å². The fourth-order valence-corrected chi connectivity index (χ4v) is 1.07. The number of H-pyrrole nitrogens is 1. The van der Waals surface area contributed by atoms with E-state index < -0.39 is 0 Å². The van der Waals surface area contributed by atoms with Gasteiger partial charge in [0.05, 0.1) is 0 Å². The highest BCUT2D eigenvalue weighted by Crippen LogP contribution is 2.22. The molecule has 0 saturated carbocycles. The van der Waals surface area contributed by atoms with Gasteiger partial charge in [0.1, 0.15) is 0 Å². The minimum absolute atomic E-state index is 0.309. The Kier molecular flexibility index (Phi) is 3.06. The molecular weight excluding hydrogens is 275 g/mol. The summed E-state index contributed by atoms with van der Waals surface area (Å²) in [4.78, 5) is 0.351. The van der Waals surface area contributed by atoms with Gasteiger partial charge in [0, 0.05) is 9.84 Å². The van der Waals surface area contributed by atoms with E-state index in [0.717, 1.165) is 0 Å². The van der Waals surface area contributed by atoms with Gasteiger partial charge in [-0.3, -0.25) is 0 Å². The van der Waals surface area contributed by atoms with E-state index in [2.05, 4.69) is 46.6 Å². The molecule has 0 spiro atoms. The summed E-state index contributed by atoms with van der Waals surface area (Å²) in [5.41, 5.74) is 0. The van der Waals surface area contributed by atoms with Crippen molar-refractivity contribution >= 4 is 34.8 Å². The van der Waals surface area contributed by atoms with Crippen LogP contribution in [0, 0.1) is 4.84 Å². The smallest absolute Gasteiger partial charge is 0.284 e. The Balaban J connectivity index is 2.84. The molecule has 2 unspecified atom stereocenters. The van der Waals surface area contributed by atoms with Crippen LogP contribution in [0.15, 0.2) is 4.42 Å². The van der Waals surface area contributed by atoms with E-state index in [0.29, 0.717) is 20.6 Å². The van der Waals surface area contributed by atoms with Gasteiger partial charge in [0.2, 0.25) is 5.89 Å². The zero-order valence-electron chi connectivity index (χ0n) is 6.30. The van der Waals surface area contributed by atoms with Gasteiger partial charge in [-0.2, -0.15) is 0 Å². The quantitative estimate of drug-likeness (QED) is 0.515. The lowest BCUT2D eigenvalue weighted by atomic mass is 10.1. The summed E-state index contributed by atoms with van der Waals surface area (Å²) < 4.78 is 5.64. The van der Waals surface area contributed by atoms with Crippen LogP contribution in [-0.2, 0) is 0 Å². The molecule has 11 heavy (non-hydrogen) atoms. The highest BCUT2D eigenvalue weighted by Gasteiger charge is 2.15. The zero-order chi connectivity index (χ0) is 8.43. The lowest BCUT2D eigenvalue weighted by molar-refractivity contribution is 0.449. The van der Waals surface area contributed by atoms with Crippen LogP contribution in [0.5, 0.6) is 0 Å². The molecule has 0 bridgehead atoms. The highest BCUT2D eigenvalue weighted by atomic mass is 127. The molecule has 0 aliphatic carbocycles. The van der Waals surface area contributed by atoms with Crippen molar-refractivity contribution in [2.45, 2.75) is 23.7 Å². The van der Waals surface area contributed by atoms with Crippen LogP contribution < -0.4 is 0 Å². The Morgan fingerprint density at radius 2 is 2.27 bits per heavy atom. The molecule has 1 N–H and O–H groups in total. The number of aromatic amines is 1. The van der Waals surface area contributed by atoms with Crippen LogP contribution in [0.1, 0.15) is 25.7 Å². The molecule has 3 nitrogen and oxygen atoms in total. The molecule has 0 aliphatic heterocycles. The van der Waals surface area contributed by atoms with E-state index in [9.17, 15) is 0 Å². The van der Waals surface area contributed by atoms with Crippen LogP contribution >= 0.6 is 34.8 Å². The molecule has 0 amide bonds. The molecule has 62 valence electrons. The average Bonchev–Trinajstić information content (AvgIpc) is 2.34. The van der Waals surface area contributed by atoms with Gasteiger partial charge >= 0.3 is 0 Å². The predicted octanol–water partition coefficient (Wildman–Crippen LogP) is 2.66. The SMILES string of the molecule is CC(I)C(C)c1n[nH]c(=S)o1. The van der Waals surface area contributed by atoms with Crippen LogP contribution in [0.3, 0.4) is 0 Å². The first-order valence-corrected chi connectivity index (χ1v) is 4.96. The molecule has 1 heterocycles. The predicted molar refractivity (Wildman–Crippen MR) is 53.6 cm³/mol. The first-order chi connectivity index (χ1) is 5.11. The van der Waals surface area contributed by atoms with Crippen molar-refractivity contribution in [3.05, 3.63) is 10.7 Å². The first-order valence-electron chi connectivity index (χ1n) is 3.30. The van der Waals surface area contributed by atoms with E-state index in [4.69, 9.17) is 16.6 Å². The molecule has 0 aliphatic rings. The standard InChI is InChI=1S/C6H9IN2OS/c1-3(4(2)7)5-8-9-6(11)10-5/h3-4H,1-2H3,(H,9,11). The lowest BCUT2D eigenvalue weighted by Crippen LogP contribution is -2.04. The molecule has 1 aromatic heterocycles. The molecule has 1 rings (SSSR count). The number of hydrogen-bond acceptors (Lipinski definition) is 3.